The van der Waals surface area contributed by atoms with Gasteiger partial charge >= 0.3 is 11.9 Å². The van der Waals surface area contributed by atoms with Crippen LogP contribution in [0, 0.1) is 25.2 Å². The van der Waals surface area contributed by atoms with E-state index < -0.39 is 37.0 Å². The monoisotopic (exact) mass is 994 g/mol. The summed E-state index contributed by atoms with van der Waals surface area (Å²) in [5, 5.41) is 57.1. The molecule has 0 spiro atoms. The zero-order valence-electron chi connectivity index (χ0n) is 38.5. The number of nitriles is 1. The van der Waals surface area contributed by atoms with Crippen LogP contribution < -0.4 is 34.9 Å². The Morgan fingerprint density at radius 1 is 0.643 bits per heavy atom. The van der Waals surface area contributed by atoms with Crippen molar-refractivity contribution in [3.63, 3.8) is 0 Å². The number of aliphatic hydroxyl groups is 2. The zero-order valence-corrected chi connectivity index (χ0v) is 40.1. The van der Waals surface area contributed by atoms with Crippen LogP contribution in [0.1, 0.15) is 62.9 Å². The van der Waals surface area contributed by atoms with Crippen molar-refractivity contribution >= 4 is 40.8 Å². The Balaban J connectivity index is 1.18. The molecule has 0 aliphatic rings. The second-order valence-corrected chi connectivity index (χ2v) is 16.9. The van der Waals surface area contributed by atoms with Gasteiger partial charge in [0.05, 0.1) is 36.3 Å². The lowest BCUT2D eigenvalue weighted by molar-refractivity contribution is -0.140. The highest BCUT2D eigenvalue weighted by Crippen LogP contribution is 2.35. The Bertz CT molecular complexity index is 2830. The smallest absolute Gasteiger partial charge is 0.306 e. The van der Waals surface area contributed by atoms with Gasteiger partial charge in [-0.15, -0.1) is 0 Å². The van der Waals surface area contributed by atoms with Crippen LogP contribution in [-0.2, 0) is 49.1 Å². The summed E-state index contributed by atoms with van der Waals surface area (Å²) < 4.78 is 24.8. The number of carboxylic acids is 2. The number of pyridine rings is 4. The standard InChI is InChI=1S/C50H52Cl2N8O10/c1-29-34(27-69-49-43(51)12-36(20-57-23-39(61)14-45(63)64)47(59-49)67-25-32-10-31(16-53)17-55-18-32)6-4-8-41(29)42-9-5-7-35(30(42)2)28-70-50-44(52)13-37(21-58-24-40(62)15-46(65)66)48(60-50)68-26-33-11-38(54-3)22-56-19-33/h4-13,17-19,22,39-40,54,57-58,61-62H,14-15,20-21,23-28H2,1-3H3,(H,63,64)(H,65,66)/t39-,40-/m1/s1. The van der Waals surface area contributed by atoms with E-state index in [9.17, 15) is 25.1 Å². The molecule has 0 saturated carbocycles. The highest BCUT2D eigenvalue weighted by atomic mass is 35.5. The third-order valence-corrected chi connectivity index (χ3v) is 11.4. The van der Waals surface area contributed by atoms with E-state index in [0.29, 0.717) is 22.3 Å². The van der Waals surface area contributed by atoms with E-state index in [4.69, 9.17) is 52.4 Å². The number of carboxylic acid groups (broad SMARTS) is 2. The topological polar surface area (TPSA) is 263 Å². The third kappa shape index (κ3) is 14.9. The van der Waals surface area contributed by atoms with Crippen LogP contribution in [0.5, 0.6) is 23.5 Å². The van der Waals surface area contributed by atoms with Crippen LogP contribution in [0.4, 0.5) is 5.69 Å². The number of halogens is 2. The number of aliphatic hydroxyl groups excluding tert-OH is 2. The van der Waals surface area contributed by atoms with Gasteiger partial charge in [0.2, 0.25) is 23.5 Å². The molecule has 4 aromatic heterocycles. The molecule has 0 radical (unpaired) electrons. The molecular weight excluding hydrogens is 944 g/mol. The molecule has 4 heterocycles. The highest BCUT2D eigenvalue weighted by molar-refractivity contribution is 6.32. The van der Waals surface area contributed by atoms with Gasteiger partial charge in [-0.25, -0.2) is 0 Å². The van der Waals surface area contributed by atoms with E-state index in [1.54, 1.807) is 43.8 Å². The van der Waals surface area contributed by atoms with Gasteiger partial charge in [-0.2, -0.15) is 15.2 Å². The number of carbonyl (C=O) groups is 2. The van der Waals surface area contributed by atoms with Crippen molar-refractivity contribution in [3.8, 4) is 40.7 Å². The maximum atomic E-state index is 11.1. The van der Waals surface area contributed by atoms with Gasteiger partial charge in [0.15, 0.2) is 0 Å². The molecule has 2 aromatic carbocycles. The summed E-state index contributed by atoms with van der Waals surface area (Å²) in [5.41, 5.74) is 9.21. The maximum Gasteiger partial charge on any atom is 0.306 e. The molecule has 0 aliphatic heterocycles. The van der Waals surface area contributed by atoms with Gasteiger partial charge in [0.1, 0.15) is 42.5 Å². The number of hydrogen-bond donors (Lipinski definition) is 7. The second-order valence-electron chi connectivity index (χ2n) is 16.1. The maximum absolute atomic E-state index is 11.1. The number of nitrogens with one attached hydrogen (secondary N) is 3. The van der Waals surface area contributed by atoms with Gasteiger partial charge in [-0.3, -0.25) is 19.6 Å². The number of benzene rings is 2. The molecule has 20 heteroatoms. The summed E-state index contributed by atoms with van der Waals surface area (Å²) in [6.45, 7) is 4.69. The minimum atomic E-state index is -1.12. The van der Waals surface area contributed by atoms with E-state index in [2.05, 4.69) is 42.0 Å². The summed E-state index contributed by atoms with van der Waals surface area (Å²) >= 11 is 13.5. The molecule has 366 valence electrons. The Labute approximate surface area is 414 Å². The average molecular weight is 996 g/mol. The summed E-state index contributed by atoms with van der Waals surface area (Å²) in [6, 6.07) is 20.7. The fourth-order valence-corrected chi connectivity index (χ4v) is 7.63. The van der Waals surface area contributed by atoms with Crippen molar-refractivity contribution in [2.24, 2.45) is 0 Å². The van der Waals surface area contributed by atoms with Gasteiger partial charge in [0.25, 0.3) is 0 Å². The van der Waals surface area contributed by atoms with Gasteiger partial charge < -0.3 is 55.3 Å². The molecule has 0 fully saturated rings. The molecule has 0 saturated heterocycles. The average Bonchev–Trinajstić information content (AvgIpc) is 3.33. The number of aromatic nitrogens is 4. The molecule has 0 bridgehead atoms. The lowest BCUT2D eigenvalue weighted by atomic mass is 9.92. The molecular formula is C50H52Cl2N8O10. The number of hydrogen-bond acceptors (Lipinski definition) is 16. The third-order valence-electron chi connectivity index (χ3n) is 10.8. The molecule has 6 rings (SSSR count). The van der Waals surface area contributed by atoms with E-state index in [1.807, 2.05) is 56.3 Å². The fourth-order valence-electron chi connectivity index (χ4n) is 7.18. The number of aliphatic carboxylic acids is 2. The summed E-state index contributed by atoms with van der Waals surface area (Å²) in [6.07, 6.45) is 3.33. The van der Waals surface area contributed by atoms with Crippen molar-refractivity contribution in [1.29, 1.82) is 5.26 Å². The van der Waals surface area contributed by atoms with Crippen molar-refractivity contribution in [1.82, 2.24) is 30.6 Å². The van der Waals surface area contributed by atoms with E-state index >= 15 is 0 Å². The first-order valence-electron chi connectivity index (χ1n) is 21.9. The van der Waals surface area contributed by atoms with Crippen LogP contribution in [0.25, 0.3) is 11.1 Å². The number of nitrogens with zero attached hydrogens (tertiary/aromatic N) is 5. The second kappa shape index (κ2) is 25.5. The minimum absolute atomic E-state index is 0.00470. The Morgan fingerprint density at radius 3 is 1.56 bits per heavy atom. The van der Waals surface area contributed by atoms with Gasteiger partial charge in [0, 0.05) is 80.3 Å². The molecule has 18 nitrogen and oxygen atoms in total. The van der Waals surface area contributed by atoms with Crippen LogP contribution in [-0.4, -0.2) is 84.6 Å². The van der Waals surface area contributed by atoms with Gasteiger partial charge in [-0.1, -0.05) is 59.6 Å². The Morgan fingerprint density at radius 2 is 1.10 bits per heavy atom. The fraction of sp³-hybridized carbons (Fsp3) is 0.300. The van der Waals surface area contributed by atoms with Crippen molar-refractivity contribution in [3.05, 3.63) is 146 Å². The summed E-state index contributed by atoms with van der Waals surface area (Å²) in [5.74, 6) is -1.59. The SMILES string of the molecule is CNc1cncc(COc2nc(OCc3cccc(-c4cccc(COc5nc(OCc6cncc(C#N)c6)c(CNC[C@H](O)CC(=O)O)cc5Cl)c4C)c3C)c(Cl)cc2CNC[C@H](O)CC(=O)O)c1. The van der Waals surface area contributed by atoms with Crippen LogP contribution >= 0.6 is 23.2 Å². The first kappa shape index (κ1) is 52.3. The molecule has 0 unspecified atom stereocenters. The van der Waals surface area contributed by atoms with Crippen LogP contribution in [0.3, 0.4) is 0 Å². The molecule has 7 N–H and O–H groups in total. The largest absolute Gasteiger partial charge is 0.481 e. The van der Waals surface area contributed by atoms with Crippen molar-refractivity contribution in [2.75, 3.05) is 25.5 Å². The van der Waals surface area contributed by atoms with E-state index in [-0.39, 0.29) is 86.2 Å². The lowest BCUT2D eigenvalue weighted by Crippen LogP contribution is -2.28. The van der Waals surface area contributed by atoms with Gasteiger partial charge in [-0.05, 0) is 71.5 Å². The molecule has 2 atom stereocenters. The van der Waals surface area contributed by atoms with E-state index in [1.165, 1.54) is 6.20 Å². The Hall–Kier alpha value is -7.11. The first-order valence-corrected chi connectivity index (χ1v) is 22.7. The van der Waals surface area contributed by atoms with E-state index in [0.717, 1.165) is 44.6 Å². The first-order chi connectivity index (χ1) is 33.7. The number of rotatable bonds is 26. The highest BCUT2D eigenvalue weighted by Gasteiger charge is 2.20. The predicted octanol–water partition coefficient (Wildman–Crippen LogP) is 6.94. The van der Waals surface area contributed by atoms with Crippen LogP contribution in [0.2, 0.25) is 10.0 Å². The van der Waals surface area contributed by atoms with Crippen LogP contribution in [0.15, 0.2) is 85.5 Å². The molecule has 70 heavy (non-hydrogen) atoms. The summed E-state index contributed by atoms with van der Waals surface area (Å²) in [7, 11) is 1.79. The lowest BCUT2D eigenvalue weighted by Gasteiger charge is -2.18. The van der Waals surface area contributed by atoms with Crippen molar-refractivity contribution < 1.29 is 49.0 Å². The molecule has 0 aliphatic carbocycles. The molecule has 6 aromatic rings. The normalized spacial score (nSPS) is 11.9. The number of ether oxygens (including phenoxy) is 4. The minimum Gasteiger partial charge on any atom is -0.481 e. The molecule has 0 amide bonds. The predicted molar refractivity (Wildman–Crippen MR) is 260 cm³/mol. The quantitative estimate of drug-likeness (QED) is 0.0290. The Kier molecular flexibility index (Phi) is 19.0. The number of anilines is 1. The summed E-state index contributed by atoms with van der Waals surface area (Å²) in [4.78, 5) is 39.7. The van der Waals surface area contributed by atoms with Crippen molar-refractivity contribution in [2.45, 2.75) is 78.4 Å². The zero-order chi connectivity index (χ0) is 50.2.